The summed E-state index contributed by atoms with van der Waals surface area (Å²) >= 11 is 5.90. The van der Waals surface area contributed by atoms with Gasteiger partial charge in [0.2, 0.25) is 15.9 Å². The lowest BCUT2D eigenvalue weighted by Crippen LogP contribution is -2.43. The van der Waals surface area contributed by atoms with Gasteiger partial charge in [0, 0.05) is 30.6 Å². The van der Waals surface area contributed by atoms with E-state index >= 15 is 0 Å². The largest absolute Gasteiger partial charge is 0.356 e. The molecule has 3 rings (SSSR count). The summed E-state index contributed by atoms with van der Waals surface area (Å²) in [5.74, 6) is -0.150. The predicted molar refractivity (Wildman–Crippen MR) is 125 cm³/mol. The Morgan fingerprint density at radius 2 is 1.58 bits per heavy atom. The minimum Gasteiger partial charge on any atom is -0.356 e. The van der Waals surface area contributed by atoms with Crippen LogP contribution in [-0.4, -0.2) is 38.3 Å². The van der Waals surface area contributed by atoms with Crippen molar-refractivity contribution >= 4 is 27.5 Å². The van der Waals surface area contributed by atoms with Crippen LogP contribution in [0, 0.1) is 33.6 Å². The fourth-order valence-electron chi connectivity index (χ4n) is 4.18. The minimum atomic E-state index is -3.58. The highest BCUT2D eigenvalue weighted by Gasteiger charge is 2.34. The van der Waals surface area contributed by atoms with Crippen molar-refractivity contribution in [2.75, 3.05) is 19.6 Å². The summed E-state index contributed by atoms with van der Waals surface area (Å²) in [5, 5.41) is 3.69. The maximum atomic E-state index is 13.4. The second-order valence-corrected chi connectivity index (χ2v) is 10.7. The molecule has 0 aliphatic carbocycles. The van der Waals surface area contributed by atoms with Crippen LogP contribution < -0.4 is 5.32 Å². The number of hydrogen-bond acceptors (Lipinski definition) is 3. The molecule has 0 aromatic heterocycles. The molecule has 1 aliphatic heterocycles. The highest BCUT2D eigenvalue weighted by atomic mass is 35.5. The van der Waals surface area contributed by atoms with E-state index in [1.807, 2.05) is 58.0 Å². The van der Waals surface area contributed by atoms with Crippen LogP contribution in [0.5, 0.6) is 0 Å². The summed E-state index contributed by atoms with van der Waals surface area (Å²) in [6, 6.07) is 9.62. The molecule has 168 valence electrons. The molecule has 1 N–H and O–H groups in total. The number of sulfonamides is 1. The van der Waals surface area contributed by atoms with Crippen LogP contribution in [0.1, 0.15) is 40.7 Å². The van der Waals surface area contributed by atoms with Crippen LogP contribution in [0.25, 0.3) is 0 Å². The van der Waals surface area contributed by atoms with Gasteiger partial charge in [-0.3, -0.25) is 4.79 Å². The topological polar surface area (TPSA) is 66.5 Å². The summed E-state index contributed by atoms with van der Waals surface area (Å²) in [4.78, 5) is 13.0. The van der Waals surface area contributed by atoms with Crippen LogP contribution in [0.4, 0.5) is 0 Å². The molecule has 0 radical (unpaired) electrons. The molecule has 0 atom stereocenters. The van der Waals surface area contributed by atoms with Gasteiger partial charge in [0.1, 0.15) is 0 Å². The Hall–Kier alpha value is -1.89. The van der Waals surface area contributed by atoms with Crippen molar-refractivity contribution in [2.45, 2.75) is 51.9 Å². The number of piperidine rings is 1. The number of nitrogens with zero attached hydrogens (tertiary/aromatic N) is 1. The highest BCUT2D eigenvalue weighted by molar-refractivity contribution is 7.89. The SMILES string of the molecule is Cc1cc(C)c(C)c(S(=O)(=O)N2CCC(C(=O)NCCc3ccc(Cl)cc3)CC2)c1C. The van der Waals surface area contributed by atoms with Crippen molar-refractivity contribution in [3.05, 3.63) is 63.2 Å². The Bertz CT molecular complexity index is 1030. The fourth-order valence-corrected chi connectivity index (χ4v) is 6.35. The van der Waals surface area contributed by atoms with Crippen molar-refractivity contribution in [3.63, 3.8) is 0 Å². The molecule has 1 aliphatic rings. The van der Waals surface area contributed by atoms with Gasteiger partial charge in [-0.1, -0.05) is 29.8 Å². The Labute approximate surface area is 190 Å². The Balaban J connectivity index is 1.59. The second kappa shape index (κ2) is 9.72. The number of amides is 1. The summed E-state index contributed by atoms with van der Waals surface area (Å²) in [6.07, 6.45) is 1.81. The van der Waals surface area contributed by atoms with E-state index in [1.165, 1.54) is 0 Å². The van der Waals surface area contributed by atoms with Gasteiger partial charge in [-0.25, -0.2) is 8.42 Å². The smallest absolute Gasteiger partial charge is 0.243 e. The molecule has 1 fully saturated rings. The van der Waals surface area contributed by atoms with Crippen LogP contribution in [0.15, 0.2) is 35.2 Å². The molecule has 1 amide bonds. The third-order valence-electron chi connectivity index (χ3n) is 6.35. The van der Waals surface area contributed by atoms with Gasteiger partial charge in [0.15, 0.2) is 0 Å². The lowest BCUT2D eigenvalue weighted by atomic mass is 9.97. The number of aryl methyl sites for hydroxylation is 2. The maximum absolute atomic E-state index is 13.4. The molecule has 0 saturated carbocycles. The molecule has 2 aromatic rings. The molecular formula is C24H31ClN2O3S. The van der Waals surface area contributed by atoms with Crippen LogP contribution in [-0.2, 0) is 21.2 Å². The Morgan fingerprint density at radius 3 is 2.13 bits per heavy atom. The Kier molecular flexibility index (Phi) is 7.45. The zero-order valence-electron chi connectivity index (χ0n) is 18.7. The van der Waals surface area contributed by atoms with E-state index in [2.05, 4.69) is 5.32 Å². The predicted octanol–water partition coefficient (Wildman–Crippen LogP) is 4.33. The van der Waals surface area contributed by atoms with E-state index in [0.717, 1.165) is 34.2 Å². The number of halogens is 1. The monoisotopic (exact) mass is 462 g/mol. The van der Waals surface area contributed by atoms with E-state index < -0.39 is 10.0 Å². The summed E-state index contributed by atoms with van der Waals surface area (Å²) in [6.45, 7) is 8.92. The number of carbonyl (C=O) groups excluding carboxylic acids is 1. The fraction of sp³-hybridized carbons (Fsp3) is 0.458. The number of benzene rings is 2. The number of rotatable bonds is 6. The van der Waals surface area contributed by atoms with E-state index in [-0.39, 0.29) is 11.8 Å². The van der Waals surface area contributed by atoms with Gasteiger partial charge >= 0.3 is 0 Å². The van der Waals surface area contributed by atoms with E-state index in [0.29, 0.717) is 42.4 Å². The minimum absolute atomic E-state index is 0.00442. The summed E-state index contributed by atoms with van der Waals surface area (Å²) in [7, 11) is -3.58. The number of nitrogens with one attached hydrogen (secondary N) is 1. The van der Waals surface area contributed by atoms with E-state index in [1.54, 1.807) is 4.31 Å². The van der Waals surface area contributed by atoms with E-state index in [9.17, 15) is 13.2 Å². The van der Waals surface area contributed by atoms with Gasteiger partial charge in [-0.2, -0.15) is 4.31 Å². The number of carbonyl (C=O) groups is 1. The molecule has 0 unspecified atom stereocenters. The van der Waals surface area contributed by atoms with Gasteiger partial charge in [0.05, 0.1) is 4.90 Å². The average Bonchev–Trinajstić information content (AvgIpc) is 2.74. The second-order valence-electron chi connectivity index (χ2n) is 8.44. The van der Waals surface area contributed by atoms with Crippen molar-refractivity contribution < 1.29 is 13.2 Å². The number of hydrogen-bond donors (Lipinski definition) is 1. The third-order valence-corrected chi connectivity index (χ3v) is 8.77. The van der Waals surface area contributed by atoms with Gasteiger partial charge in [-0.15, -0.1) is 0 Å². The first-order chi connectivity index (χ1) is 14.6. The third kappa shape index (κ3) is 5.30. The van der Waals surface area contributed by atoms with Crippen LogP contribution >= 0.6 is 11.6 Å². The quantitative estimate of drug-likeness (QED) is 0.694. The lowest BCUT2D eigenvalue weighted by molar-refractivity contribution is -0.126. The molecule has 1 heterocycles. The molecule has 7 heteroatoms. The zero-order valence-corrected chi connectivity index (χ0v) is 20.2. The summed E-state index contributed by atoms with van der Waals surface area (Å²) in [5.41, 5.74) is 4.70. The first-order valence-corrected chi connectivity index (χ1v) is 12.5. The van der Waals surface area contributed by atoms with Crippen molar-refractivity contribution in [3.8, 4) is 0 Å². The molecule has 31 heavy (non-hydrogen) atoms. The standard InChI is InChI=1S/C24H31ClN2O3S/c1-16-15-17(2)19(4)23(18(16)3)31(29,30)27-13-10-21(11-14-27)24(28)26-12-9-20-5-7-22(25)8-6-20/h5-8,15,21H,9-14H2,1-4H3,(H,26,28). The van der Waals surface area contributed by atoms with Crippen LogP contribution in [0.3, 0.4) is 0 Å². The first kappa shape index (κ1) is 23.8. The normalized spacial score (nSPS) is 15.8. The highest BCUT2D eigenvalue weighted by Crippen LogP contribution is 2.31. The van der Waals surface area contributed by atoms with Crippen molar-refractivity contribution in [2.24, 2.45) is 5.92 Å². The van der Waals surface area contributed by atoms with Crippen LogP contribution in [0.2, 0.25) is 5.02 Å². The molecule has 2 aromatic carbocycles. The molecule has 0 bridgehead atoms. The molecule has 5 nitrogen and oxygen atoms in total. The van der Waals surface area contributed by atoms with Crippen molar-refractivity contribution in [1.29, 1.82) is 0 Å². The maximum Gasteiger partial charge on any atom is 0.243 e. The summed E-state index contributed by atoms with van der Waals surface area (Å²) < 4.78 is 28.3. The average molecular weight is 463 g/mol. The van der Waals surface area contributed by atoms with E-state index in [4.69, 9.17) is 11.6 Å². The Morgan fingerprint density at radius 1 is 1.03 bits per heavy atom. The first-order valence-electron chi connectivity index (χ1n) is 10.7. The van der Waals surface area contributed by atoms with Gasteiger partial charge in [-0.05, 0) is 86.9 Å². The lowest BCUT2D eigenvalue weighted by Gasteiger charge is -2.31. The molecular weight excluding hydrogens is 432 g/mol. The van der Waals surface area contributed by atoms with Gasteiger partial charge in [0.25, 0.3) is 0 Å². The molecule has 1 saturated heterocycles. The molecule has 0 spiro atoms. The zero-order chi connectivity index (χ0) is 22.8. The van der Waals surface area contributed by atoms with Gasteiger partial charge < -0.3 is 5.32 Å². The van der Waals surface area contributed by atoms with Crippen molar-refractivity contribution in [1.82, 2.24) is 9.62 Å².